The summed E-state index contributed by atoms with van der Waals surface area (Å²) in [4.78, 5) is 4.72. The summed E-state index contributed by atoms with van der Waals surface area (Å²) in [6, 6.07) is 1.63. The molecule has 0 fully saturated rings. The molecule has 2 rings (SSSR count). The Bertz CT molecular complexity index is 451. The van der Waals surface area contributed by atoms with Crippen molar-refractivity contribution in [2.45, 2.75) is 31.1 Å². The number of pyridine rings is 1. The van der Waals surface area contributed by atoms with Crippen molar-refractivity contribution in [2.75, 3.05) is 5.75 Å². The van der Waals surface area contributed by atoms with E-state index in [0.717, 1.165) is 30.5 Å². The van der Waals surface area contributed by atoms with Crippen LogP contribution < -0.4 is 0 Å². The second-order valence-corrected chi connectivity index (χ2v) is 5.59. The number of sulfone groups is 1. The summed E-state index contributed by atoms with van der Waals surface area (Å²) in [5.74, 6) is 0.285. The highest BCUT2D eigenvalue weighted by Gasteiger charge is 2.25. The third kappa shape index (κ3) is 1.43. The largest absolute Gasteiger partial charge is 0.261 e. The van der Waals surface area contributed by atoms with Crippen molar-refractivity contribution in [1.29, 1.82) is 0 Å². The Balaban J connectivity index is 2.67. The van der Waals surface area contributed by atoms with E-state index in [1.807, 2.05) is 6.92 Å². The molecule has 1 aliphatic heterocycles. The lowest BCUT2D eigenvalue weighted by molar-refractivity contribution is 0.585. The Morgan fingerprint density at radius 3 is 3.00 bits per heavy atom. The van der Waals surface area contributed by atoms with Crippen LogP contribution in [0.25, 0.3) is 0 Å². The molecule has 2 heterocycles. The minimum Gasteiger partial charge on any atom is -0.261 e. The number of fused-ring (bicyclic) bond motifs is 1. The number of rotatable bonds is 1. The molecular formula is C10H13NO2S. The average Bonchev–Trinajstić information content (AvgIpc) is 2.17. The van der Waals surface area contributed by atoms with Crippen LogP contribution in [0.1, 0.15) is 24.6 Å². The number of nitrogens with zero attached hydrogens (tertiary/aromatic N) is 1. The maximum atomic E-state index is 11.7. The molecule has 0 atom stereocenters. The Hall–Kier alpha value is -0.900. The molecule has 0 saturated heterocycles. The van der Waals surface area contributed by atoms with E-state index in [-0.39, 0.29) is 5.75 Å². The van der Waals surface area contributed by atoms with Gasteiger partial charge in [0, 0.05) is 11.9 Å². The normalized spacial score (nSPS) is 18.9. The highest BCUT2D eigenvalue weighted by atomic mass is 32.2. The fraction of sp³-hybridized carbons (Fsp3) is 0.500. The van der Waals surface area contributed by atoms with Crippen molar-refractivity contribution in [2.24, 2.45) is 0 Å². The minimum absolute atomic E-state index is 0.285. The van der Waals surface area contributed by atoms with Gasteiger partial charge in [0.05, 0.1) is 10.6 Å². The SMILES string of the molecule is CCc1nccc2c1CCCS2(=O)=O. The Morgan fingerprint density at radius 2 is 2.29 bits per heavy atom. The maximum Gasteiger partial charge on any atom is 0.178 e. The van der Waals surface area contributed by atoms with E-state index in [2.05, 4.69) is 4.98 Å². The zero-order valence-corrected chi connectivity index (χ0v) is 8.97. The monoisotopic (exact) mass is 211 g/mol. The van der Waals surface area contributed by atoms with Crippen molar-refractivity contribution in [3.63, 3.8) is 0 Å². The summed E-state index contributed by atoms with van der Waals surface area (Å²) < 4.78 is 23.4. The second kappa shape index (κ2) is 3.35. The van der Waals surface area contributed by atoms with Crippen LogP contribution in [-0.4, -0.2) is 19.2 Å². The van der Waals surface area contributed by atoms with Crippen LogP contribution >= 0.6 is 0 Å². The predicted octanol–water partition coefficient (Wildman–Crippen LogP) is 1.36. The first-order chi connectivity index (χ1) is 6.65. The number of hydrogen-bond donors (Lipinski definition) is 0. The molecule has 0 unspecified atom stereocenters. The third-order valence-electron chi connectivity index (χ3n) is 2.61. The summed E-state index contributed by atoms with van der Waals surface area (Å²) >= 11 is 0. The number of aryl methyl sites for hydroxylation is 1. The Labute approximate surface area is 84.1 Å². The molecule has 0 N–H and O–H groups in total. The van der Waals surface area contributed by atoms with Gasteiger partial charge in [0.15, 0.2) is 9.84 Å². The van der Waals surface area contributed by atoms with E-state index in [1.54, 1.807) is 12.3 Å². The van der Waals surface area contributed by atoms with Crippen molar-refractivity contribution >= 4 is 9.84 Å². The molecule has 14 heavy (non-hydrogen) atoms. The van der Waals surface area contributed by atoms with Crippen LogP contribution in [0, 0.1) is 0 Å². The summed E-state index contributed by atoms with van der Waals surface area (Å²) in [6.07, 6.45) is 3.98. The lowest BCUT2D eigenvalue weighted by atomic mass is 10.1. The highest BCUT2D eigenvalue weighted by molar-refractivity contribution is 7.91. The first kappa shape index (κ1) is 9.65. The van der Waals surface area contributed by atoms with E-state index in [0.29, 0.717) is 4.90 Å². The van der Waals surface area contributed by atoms with Crippen LogP contribution in [0.2, 0.25) is 0 Å². The fourth-order valence-electron chi connectivity index (χ4n) is 1.93. The van der Waals surface area contributed by atoms with Gasteiger partial charge in [-0.05, 0) is 30.9 Å². The molecule has 1 aromatic rings. The molecule has 0 saturated carbocycles. The van der Waals surface area contributed by atoms with Gasteiger partial charge in [0.25, 0.3) is 0 Å². The molecule has 1 aromatic heterocycles. The van der Waals surface area contributed by atoms with E-state index >= 15 is 0 Å². The van der Waals surface area contributed by atoms with E-state index in [4.69, 9.17) is 0 Å². The molecule has 0 spiro atoms. The van der Waals surface area contributed by atoms with Crippen LogP contribution in [0.4, 0.5) is 0 Å². The minimum atomic E-state index is -3.01. The molecule has 0 aromatic carbocycles. The summed E-state index contributed by atoms with van der Waals surface area (Å²) in [7, 11) is -3.01. The Morgan fingerprint density at radius 1 is 1.50 bits per heavy atom. The van der Waals surface area contributed by atoms with Crippen LogP contribution in [0.15, 0.2) is 17.2 Å². The molecular weight excluding hydrogens is 198 g/mol. The van der Waals surface area contributed by atoms with Gasteiger partial charge in [-0.15, -0.1) is 0 Å². The van der Waals surface area contributed by atoms with Crippen molar-refractivity contribution in [3.8, 4) is 0 Å². The van der Waals surface area contributed by atoms with Gasteiger partial charge in [-0.1, -0.05) is 6.92 Å². The van der Waals surface area contributed by atoms with Gasteiger partial charge >= 0.3 is 0 Å². The zero-order valence-electron chi connectivity index (χ0n) is 8.16. The summed E-state index contributed by atoms with van der Waals surface area (Å²) in [5.41, 5.74) is 1.88. The molecule has 4 heteroatoms. The zero-order chi connectivity index (χ0) is 10.2. The van der Waals surface area contributed by atoms with Gasteiger partial charge < -0.3 is 0 Å². The summed E-state index contributed by atoms with van der Waals surface area (Å²) in [5, 5.41) is 0. The molecule has 0 amide bonds. The molecule has 0 bridgehead atoms. The maximum absolute atomic E-state index is 11.7. The van der Waals surface area contributed by atoms with Gasteiger partial charge in [0.2, 0.25) is 0 Å². The van der Waals surface area contributed by atoms with Crippen molar-refractivity contribution < 1.29 is 8.42 Å². The smallest absolute Gasteiger partial charge is 0.178 e. The average molecular weight is 211 g/mol. The van der Waals surface area contributed by atoms with Gasteiger partial charge in [-0.2, -0.15) is 0 Å². The van der Waals surface area contributed by atoms with Crippen LogP contribution in [0.3, 0.4) is 0 Å². The first-order valence-electron chi connectivity index (χ1n) is 4.84. The van der Waals surface area contributed by atoms with Crippen LogP contribution in [0.5, 0.6) is 0 Å². The highest BCUT2D eigenvalue weighted by Crippen LogP contribution is 2.26. The van der Waals surface area contributed by atoms with Gasteiger partial charge in [-0.25, -0.2) is 8.42 Å². The van der Waals surface area contributed by atoms with Crippen molar-refractivity contribution in [1.82, 2.24) is 4.98 Å². The second-order valence-electron chi connectivity index (χ2n) is 3.51. The standard InChI is InChI=1S/C10H13NO2S/c1-2-9-8-4-3-7-14(12,13)10(8)5-6-11-9/h5-6H,2-4,7H2,1H3. The molecule has 1 aliphatic rings. The third-order valence-corrected chi connectivity index (χ3v) is 4.49. The summed E-state index contributed by atoms with van der Waals surface area (Å²) in [6.45, 7) is 2.00. The predicted molar refractivity (Wildman–Crippen MR) is 54.0 cm³/mol. The van der Waals surface area contributed by atoms with E-state index in [1.165, 1.54) is 0 Å². The Kier molecular flexibility index (Phi) is 2.31. The molecule has 0 aliphatic carbocycles. The lowest BCUT2D eigenvalue weighted by Crippen LogP contribution is -2.18. The fourth-order valence-corrected chi connectivity index (χ4v) is 3.54. The van der Waals surface area contributed by atoms with Gasteiger partial charge in [0.1, 0.15) is 0 Å². The lowest BCUT2D eigenvalue weighted by Gasteiger charge is -2.17. The van der Waals surface area contributed by atoms with Crippen LogP contribution in [-0.2, 0) is 22.7 Å². The number of aromatic nitrogens is 1. The number of hydrogen-bond acceptors (Lipinski definition) is 3. The van der Waals surface area contributed by atoms with E-state index < -0.39 is 9.84 Å². The quantitative estimate of drug-likeness (QED) is 0.704. The molecule has 76 valence electrons. The molecule has 0 radical (unpaired) electrons. The topological polar surface area (TPSA) is 47.0 Å². The van der Waals surface area contributed by atoms with Crippen molar-refractivity contribution in [3.05, 3.63) is 23.5 Å². The first-order valence-corrected chi connectivity index (χ1v) is 6.50. The van der Waals surface area contributed by atoms with Gasteiger partial charge in [-0.3, -0.25) is 4.98 Å². The molecule has 3 nitrogen and oxygen atoms in total. The van der Waals surface area contributed by atoms with E-state index in [9.17, 15) is 8.42 Å².